The minimum atomic E-state index is -2.82. The molecule has 8 nitrogen and oxygen atoms in total. The number of aryl methyl sites for hydroxylation is 1. The number of fused-ring (bicyclic) bond motifs is 1. The van der Waals surface area contributed by atoms with E-state index in [2.05, 4.69) is 72.4 Å². The molecule has 11 heteroatoms. The molecule has 0 bridgehead atoms. The van der Waals surface area contributed by atoms with E-state index < -0.39 is 8.32 Å². The Bertz CT molecular complexity index is 1870. The van der Waals surface area contributed by atoms with E-state index in [0.29, 0.717) is 30.5 Å². The number of carbonyl (C=O) groups is 2. The summed E-state index contributed by atoms with van der Waals surface area (Å²) in [7, 11) is -2.82. The lowest BCUT2D eigenvalue weighted by atomic mass is 10.2. The lowest BCUT2D eigenvalue weighted by molar-refractivity contribution is -0.123. The highest BCUT2D eigenvalue weighted by Crippen LogP contribution is 2.37. The number of aromatic nitrogens is 2. The molecule has 1 fully saturated rings. The predicted molar refractivity (Wildman–Crippen MR) is 202 cm³/mol. The van der Waals surface area contributed by atoms with Gasteiger partial charge in [0.1, 0.15) is 17.5 Å². The van der Waals surface area contributed by atoms with Crippen molar-refractivity contribution >= 4 is 70.1 Å². The molecule has 0 aliphatic carbocycles. The maximum Gasteiger partial charge on any atom is 0.261 e. The molecule has 1 N–H and O–H groups in total. The molecule has 1 aliphatic heterocycles. The van der Waals surface area contributed by atoms with E-state index in [1.165, 1.54) is 23.1 Å². The molecule has 1 amide bonds. The molecule has 254 valence electrons. The number of ether oxygens (including phenoxy) is 1. The van der Waals surface area contributed by atoms with Crippen LogP contribution in [0.2, 0.25) is 5.04 Å². The van der Waals surface area contributed by atoms with Gasteiger partial charge >= 0.3 is 0 Å². The molecule has 0 saturated carbocycles. The molecule has 3 aromatic carbocycles. The van der Waals surface area contributed by atoms with Gasteiger partial charge in [0.15, 0.2) is 5.78 Å². The minimum Gasteiger partial charge on any atom is -0.398 e. The zero-order valence-corrected chi connectivity index (χ0v) is 31.0. The fraction of sp³-hybridized carbons (Fsp3) is 0.316. The van der Waals surface area contributed by atoms with Crippen LogP contribution in [0.25, 0.3) is 10.9 Å². The molecule has 6 rings (SSSR count). The molecular formula is C38H42N4O4S2Si. The number of benzene rings is 3. The fourth-order valence-electron chi connectivity index (χ4n) is 6.33. The number of rotatable bonds is 12. The number of Topliss-reactive ketones (excluding diaryl/α,β-unsaturated/α-hetero) is 1. The summed E-state index contributed by atoms with van der Waals surface area (Å²) in [5, 5.41) is 6.80. The lowest BCUT2D eigenvalue weighted by Gasteiger charge is -2.42. The fourth-order valence-corrected chi connectivity index (χ4v) is 12.7. The second-order valence-corrected chi connectivity index (χ2v) is 19.5. The van der Waals surface area contributed by atoms with Gasteiger partial charge in [-0.2, -0.15) is 0 Å². The first-order valence-electron chi connectivity index (χ1n) is 16.5. The van der Waals surface area contributed by atoms with Crippen molar-refractivity contribution in [2.75, 3.05) is 43.6 Å². The number of carbonyl (C=O) groups excluding carboxylic acids is 2. The monoisotopic (exact) mass is 710 g/mol. The Labute approximate surface area is 297 Å². The third-order valence-corrected chi connectivity index (χ3v) is 15.8. The summed E-state index contributed by atoms with van der Waals surface area (Å²) < 4.78 is 12.3. The average molecular weight is 711 g/mol. The number of thiophene rings is 1. The number of thioether (sulfide) groups is 1. The van der Waals surface area contributed by atoms with Crippen LogP contribution in [0.1, 0.15) is 41.1 Å². The first-order valence-corrected chi connectivity index (χ1v) is 20.2. The van der Waals surface area contributed by atoms with Crippen molar-refractivity contribution < 1.29 is 18.8 Å². The molecule has 0 radical (unpaired) electrons. The maximum atomic E-state index is 13.3. The van der Waals surface area contributed by atoms with E-state index in [9.17, 15) is 9.59 Å². The van der Waals surface area contributed by atoms with Gasteiger partial charge < -0.3 is 19.4 Å². The summed E-state index contributed by atoms with van der Waals surface area (Å²) in [4.78, 5) is 39.7. The van der Waals surface area contributed by atoms with Crippen LogP contribution < -0.4 is 20.6 Å². The average Bonchev–Trinajstić information content (AvgIpc) is 3.60. The Morgan fingerprint density at radius 1 is 0.939 bits per heavy atom. The van der Waals surface area contributed by atoms with Crippen molar-refractivity contribution in [3.8, 4) is 0 Å². The zero-order valence-electron chi connectivity index (χ0n) is 28.4. The van der Waals surface area contributed by atoms with Crippen LogP contribution in [-0.2, 0) is 20.5 Å². The van der Waals surface area contributed by atoms with Crippen LogP contribution in [0.4, 0.5) is 5.69 Å². The minimum absolute atomic E-state index is 0.0244. The molecule has 3 heterocycles. The van der Waals surface area contributed by atoms with Gasteiger partial charge in [-0.15, -0.1) is 11.3 Å². The summed E-state index contributed by atoms with van der Waals surface area (Å²) in [5.74, 6) is 0.768. The SMILES string of the molecule is Cc1nc(SCC(=O)c2ccc(CNC(=O)CO[Si](c3ccccc3)(c3ccccc3)C(C)(C)C)s2)c2cc(N3CCOCC3)ccc2n1. The number of amides is 1. The van der Waals surface area contributed by atoms with Crippen LogP contribution >= 0.6 is 23.1 Å². The number of hydrogen-bond donors (Lipinski definition) is 1. The van der Waals surface area contributed by atoms with Crippen LogP contribution in [0.3, 0.4) is 0 Å². The standard InChI is InChI=1S/C38H42N4O4S2Si/c1-27-40-33-17-15-28(42-19-21-45-22-20-42)23-32(33)37(41-27)47-26-34(43)35-18-16-29(48-35)24-39-36(44)25-46-49(38(2,3)4,30-11-7-5-8-12-30)31-13-9-6-10-14-31/h5-18,23H,19-22,24-26H2,1-4H3,(H,39,44). The number of ketones is 1. The van der Waals surface area contributed by atoms with Gasteiger partial charge in [-0.3, -0.25) is 9.59 Å². The lowest BCUT2D eigenvalue weighted by Crippen LogP contribution is -2.67. The number of morpholine rings is 1. The zero-order chi connectivity index (χ0) is 34.4. The first kappa shape index (κ1) is 35.0. The van der Waals surface area contributed by atoms with E-state index >= 15 is 0 Å². The Hall–Kier alpha value is -3.87. The summed E-state index contributed by atoms with van der Waals surface area (Å²) in [6, 6.07) is 30.6. The Morgan fingerprint density at radius 2 is 1.61 bits per heavy atom. The molecule has 1 aliphatic rings. The van der Waals surface area contributed by atoms with Crippen molar-refractivity contribution in [3.63, 3.8) is 0 Å². The van der Waals surface area contributed by atoms with Gasteiger partial charge in [0.25, 0.3) is 8.32 Å². The van der Waals surface area contributed by atoms with E-state index in [1.807, 2.05) is 61.5 Å². The Morgan fingerprint density at radius 3 is 2.27 bits per heavy atom. The second kappa shape index (κ2) is 15.3. The Kier molecular flexibility index (Phi) is 11.0. The number of anilines is 1. The van der Waals surface area contributed by atoms with Gasteiger partial charge in [-0.25, -0.2) is 9.97 Å². The van der Waals surface area contributed by atoms with Crippen molar-refractivity contribution in [1.29, 1.82) is 0 Å². The molecule has 49 heavy (non-hydrogen) atoms. The van der Waals surface area contributed by atoms with E-state index in [1.54, 1.807) is 0 Å². The van der Waals surface area contributed by atoms with Gasteiger partial charge in [0.05, 0.1) is 35.9 Å². The highest BCUT2D eigenvalue weighted by Gasteiger charge is 2.50. The first-order chi connectivity index (χ1) is 23.6. The third-order valence-electron chi connectivity index (χ3n) is 8.71. The number of hydrogen-bond acceptors (Lipinski definition) is 9. The van der Waals surface area contributed by atoms with E-state index in [0.717, 1.165) is 50.0 Å². The number of nitrogens with zero attached hydrogens (tertiary/aromatic N) is 3. The van der Waals surface area contributed by atoms with Gasteiger partial charge in [-0.1, -0.05) is 93.2 Å². The molecule has 1 saturated heterocycles. The highest BCUT2D eigenvalue weighted by atomic mass is 32.2. The van der Waals surface area contributed by atoms with Crippen molar-refractivity contribution in [2.24, 2.45) is 0 Å². The maximum absolute atomic E-state index is 13.3. The topological polar surface area (TPSA) is 93.7 Å². The van der Waals surface area contributed by atoms with Gasteiger partial charge in [0.2, 0.25) is 5.91 Å². The van der Waals surface area contributed by atoms with Gasteiger partial charge in [-0.05, 0) is 52.7 Å². The van der Waals surface area contributed by atoms with E-state index in [4.69, 9.17) is 14.1 Å². The molecular weight excluding hydrogens is 669 g/mol. The summed E-state index contributed by atoms with van der Waals surface area (Å²) in [6.45, 7) is 11.8. The van der Waals surface area contributed by atoms with Crippen molar-refractivity contribution in [1.82, 2.24) is 15.3 Å². The van der Waals surface area contributed by atoms with E-state index in [-0.39, 0.29) is 29.1 Å². The van der Waals surface area contributed by atoms with Crippen LogP contribution in [0.5, 0.6) is 0 Å². The molecule has 0 atom stereocenters. The highest BCUT2D eigenvalue weighted by molar-refractivity contribution is 8.00. The van der Waals surface area contributed by atoms with Crippen LogP contribution in [-0.4, -0.2) is 68.6 Å². The van der Waals surface area contributed by atoms with Crippen molar-refractivity contribution in [3.05, 3.63) is 107 Å². The molecule has 0 unspecified atom stereocenters. The summed E-state index contributed by atoms with van der Waals surface area (Å²) in [6.07, 6.45) is 0. The number of nitrogens with one attached hydrogen (secondary N) is 1. The second-order valence-electron chi connectivity index (χ2n) is 13.1. The third kappa shape index (κ3) is 7.97. The van der Waals surface area contributed by atoms with Gasteiger partial charge in [0, 0.05) is 29.0 Å². The summed E-state index contributed by atoms with van der Waals surface area (Å²) in [5.41, 5.74) is 1.98. The van der Waals surface area contributed by atoms with Crippen LogP contribution in [0.15, 0.2) is 96.0 Å². The largest absolute Gasteiger partial charge is 0.398 e. The molecule has 2 aromatic heterocycles. The van der Waals surface area contributed by atoms with Crippen LogP contribution in [0, 0.1) is 6.92 Å². The summed E-state index contributed by atoms with van der Waals surface area (Å²) >= 11 is 2.84. The molecule has 0 spiro atoms. The molecule has 5 aromatic rings. The quantitative estimate of drug-likeness (QED) is 0.0730. The normalized spacial score (nSPS) is 13.8. The Balaban J connectivity index is 1.09. The predicted octanol–water partition coefficient (Wildman–Crippen LogP) is 6.00. The smallest absolute Gasteiger partial charge is 0.261 e. The van der Waals surface area contributed by atoms with Crippen molar-refractivity contribution in [2.45, 2.75) is 44.3 Å².